The van der Waals surface area contributed by atoms with E-state index in [1.165, 1.54) is 6.42 Å². The third-order valence-electron chi connectivity index (χ3n) is 4.55. The van der Waals surface area contributed by atoms with Crippen molar-refractivity contribution in [2.24, 2.45) is 5.92 Å². The molecule has 0 spiro atoms. The van der Waals surface area contributed by atoms with Gasteiger partial charge >= 0.3 is 0 Å². The summed E-state index contributed by atoms with van der Waals surface area (Å²) >= 11 is 0. The molecule has 1 aliphatic heterocycles. The summed E-state index contributed by atoms with van der Waals surface area (Å²) in [6.07, 6.45) is 11.6. The van der Waals surface area contributed by atoms with Gasteiger partial charge in [-0.3, -0.25) is 0 Å². The highest BCUT2D eigenvalue weighted by molar-refractivity contribution is 5.56. The minimum Gasteiger partial charge on any atom is -0.474 e. The zero-order chi connectivity index (χ0) is 16.2. The summed E-state index contributed by atoms with van der Waals surface area (Å²) < 4.78 is 16.5. The molecule has 1 saturated carbocycles. The smallest absolute Gasteiger partial charge is 0.250 e. The van der Waals surface area contributed by atoms with Crippen molar-refractivity contribution in [3.8, 4) is 17.3 Å². The van der Waals surface area contributed by atoms with Crippen molar-refractivity contribution in [3.05, 3.63) is 30.3 Å². The van der Waals surface area contributed by atoms with Gasteiger partial charge in [0.05, 0.1) is 0 Å². The molecule has 2 aliphatic rings. The first-order chi connectivity index (χ1) is 11.9. The minimum atomic E-state index is 0.302. The van der Waals surface area contributed by atoms with Crippen molar-refractivity contribution >= 4 is 6.08 Å². The monoisotopic (exact) mass is 327 g/mol. The van der Waals surface area contributed by atoms with Crippen LogP contribution in [0.3, 0.4) is 0 Å². The van der Waals surface area contributed by atoms with Crippen LogP contribution in [-0.2, 0) is 4.74 Å². The van der Waals surface area contributed by atoms with Gasteiger partial charge in [-0.15, -0.1) is 0 Å². The summed E-state index contributed by atoms with van der Waals surface area (Å²) in [5, 5.41) is 4.06. The van der Waals surface area contributed by atoms with Crippen LogP contribution < -0.4 is 4.74 Å². The van der Waals surface area contributed by atoms with Crippen LogP contribution in [0.25, 0.3) is 17.5 Å². The van der Waals surface area contributed by atoms with Crippen molar-refractivity contribution in [1.29, 1.82) is 0 Å². The lowest BCUT2D eigenvalue weighted by atomic mass is 9.96. The molecule has 6 nitrogen and oxygen atoms in total. The molecule has 2 aromatic rings. The Balaban J connectivity index is 1.43. The molecule has 1 aliphatic carbocycles. The fourth-order valence-corrected chi connectivity index (χ4v) is 2.82. The molecule has 126 valence electrons. The van der Waals surface area contributed by atoms with Gasteiger partial charge in [-0.05, 0) is 50.2 Å². The van der Waals surface area contributed by atoms with Gasteiger partial charge in [0.25, 0.3) is 5.89 Å². The topological polar surface area (TPSA) is 70.3 Å². The molecule has 0 bridgehead atoms. The van der Waals surface area contributed by atoms with Gasteiger partial charge in [0.1, 0.15) is 6.10 Å². The second kappa shape index (κ2) is 7.13. The Morgan fingerprint density at radius 2 is 2.04 bits per heavy atom. The fraction of sp³-hybridized carbons (Fsp3) is 0.500. The molecule has 0 radical (unpaired) electrons. The van der Waals surface area contributed by atoms with Crippen molar-refractivity contribution < 1.29 is 14.0 Å². The standard InChI is InChI=1S/C18H21N3O3/c1-2-15(3-1)23-17-12-14(6-9-19-17)18-20-16(24-21-18)5-4-13-7-10-22-11-8-13/h4-6,9,12-13,15H,1-3,7-8,10-11H2/b5-4+. The average Bonchev–Trinajstić information content (AvgIpc) is 3.07. The number of allylic oxidation sites excluding steroid dienone is 1. The number of ether oxygens (including phenoxy) is 2. The van der Waals surface area contributed by atoms with E-state index in [2.05, 4.69) is 21.2 Å². The van der Waals surface area contributed by atoms with E-state index in [-0.39, 0.29) is 0 Å². The van der Waals surface area contributed by atoms with Gasteiger partial charge in [0.15, 0.2) is 0 Å². The van der Waals surface area contributed by atoms with Crippen LogP contribution in [0.2, 0.25) is 0 Å². The lowest BCUT2D eigenvalue weighted by Gasteiger charge is -2.25. The van der Waals surface area contributed by atoms with Crippen molar-refractivity contribution in [1.82, 2.24) is 15.1 Å². The maximum atomic E-state index is 5.82. The molecule has 0 aromatic carbocycles. The van der Waals surface area contributed by atoms with E-state index in [9.17, 15) is 0 Å². The number of pyridine rings is 1. The van der Waals surface area contributed by atoms with E-state index in [1.54, 1.807) is 6.20 Å². The number of aromatic nitrogens is 3. The Kier molecular flexibility index (Phi) is 4.55. The van der Waals surface area contributed by atoms with Crippen molar-refractivity contribution in [2.75, 3.05) is 13.2 Å². The number of nitrogens with zero attached hydrogens (tertiary/aromatic N) is 3. The molecular formula is C18H21N3O3. The normalized spacial score (nSPS) is 19.5. The second-order valence-electron chi connectivity index (χ2n) is 6.32. The van der Waals surface area contributed by atoms with Crippen LogP contribution in [0.4, 0.5) is 0 Å². The van der Waals surface area contributed by atoms with Crippen LogP contribution in [0, 0.1) is 5.92 Å². The molecule has 1 saturated heterocycles. The summed E-state index contributed by atoms with van der Waals surface area (Å²) in [7, 11) is 0. The number of rotatable bonds is 5. The van der Waals surface area contributed by atoms with E-state index < -0.39 is 0 Å². The van der Waals surface area contributed by atoms with Crippen LogP contribution in [0.15, 0.2) is 28.9 Å². The van der Waals surface area contributed by atoms with E-state index in [0.717, 1.165) is 44.5 Å². The van der Waals surface area contributed by atoms with E-state index in [1.807, 2.05) is 18.2 Å². The highest BCUT2D eigenvalue weighted by atomic mass is 16.5. The third-order valence-corrected chi connectivity index (χ3v) is 4.55. The summed E-state index contributed by atoms with van der Waals surface area (Å²) in [6.45, 7) is 1.65. The molecule has 0 unspecified atom stereocenters. The molecule has 0 amide bonds. The summed E-state index contributed by atoms with van der Waals surface area (Å²) in [4.78, 5) is 8.70. The van der Waals surface area contributed by atoms with Crippen LogP contribution in [0.1, 0.15) is 38.0 Å². The lowest BCUT2D eigenvalue weighted by molar-refractivity contribution is 0.0787. The lowest BCUT2D eigenvalue weighted by Crippen LogP contribution is -2.24. The minimum absolute atomic E-state index is 0.302. The largest absolute Gasteiger partial charge is 0.474 e. The highest BCUT2D eigenvalue weighted by Crippen LogP contribution is 2.26. The van der Waals surface area contributed by atoms with Crippen LogP contribution in [-0.4, -0.2) is 34.4 Å². The van der Waals surface area contributed by atoms with E-state index in [4.69, 9.17) is 14.0 Å². The quantitative estimate of drug-likeness (QED) is 0.837. The second-order valence-corrected chi connectivity index (χ2v) is 6.32. The summed E-state index contributed by atoms with van der Waals surface area (Å²) in [5.41, 5.74) is 0.855. The summed E-state index contributed by atoms with van der Waals surface area (Å²) in [5.74, 6) is 2.23. The maximum absolute atomic E-state index is 5.82. The molecular weight excluding hydrogens is 306 g/mol. The average molecular weight is 327 g/mol. The van der Waals surface area contributed by atoms with Gasteiger partial charge in [-0.1, -0.05) is 11.2 Å². The molecule has 0 N–H and O–H groups in total. The number of hydrogen-bond donors (Lipinski definition) is 0. The first-order valence-corrected chi connectivity index (χ1v) is 8.59. The molecule has 3 heterocycles. The third kappa shape index (κ3) is 3.64. The van der Waals surface area contributed by atoms with Gasteiger partial charge in [0.2, 0.25) is 11.7 Å². The first kappa shape index (κ1) is 15.3. The zero-order valence-electron chi connectivity index (χ0n) is 13.6. The number of hydrogen-bond acceptors (Lipinski definition) is 6. The van der Waals surface area contributed by atoms with Crippen LogP contribution in [0.5, 0.6) is 5.88 Å². The van der Waals surface area contributed by atoms with Crippen LogP contribution >= 0.6 is 0 Å². The Labute approximate surface area is 140 Å². The molecule has 6 heteroatoms. The summed E-state index contributed by atoms with van der Waals surface area (Å²) in [6, 6.07) is 3.74. The van der Waals surface area contributed by atoms with Gasteiger partial charge in [0, 0.05) is 31.0 Å². The molecule has 0 atom stereocenters. The maximum Gasteiger partial charge on any atom is 0.250 e. The first-order valence-electron chi connectivity index (χ1n) is 8.59. The molecule has 4 rings (SSSR count). The molecule has 2 fully saturated rings. The molecule has 2 aromatic heterocycles. The molecule has 24 heavy (non-hydrogen) atoms. The zero-order valence-corrected chi connectivity index (χ0v) is 13.6. The predicted molar refractivity (Wildman–Crippen MR) is 88.4 cm³/mol. The Morgan fingerprint density at radius 3 is 2.83 bits per heavy atom. The van der Waals surface area contributed by atoms with E-state index >= 15 is 0 Å². The SMILES string of the molecule is C(=C\C1CCOCC1)/c1nc(-c2ccnc(OC3CCC3)c2)no1. The fourth-order valence-electron chi connectivity index (χ4n) is 2.82. The Bertz CT molecular complexity index is 703. The van der Waals surface area contributed by atoms with Gasteiger partial charge in [-0.2, -0.15) is 4.98 Å². The highest BCUT2D eigenvalue weighted by Gasteiger charge is 2.20. The Morgan fingerprint density at radius 1 is 1.17 bits per heavy atom. The van der Waals surface area contributed by atoms with Gasteiger partial charge < -0.3 is 14.0 Å². The predicted octanol–water partition coefficient (Wildman–Crippen LogP) is 3.50. The van der Waals surface area contributed by atoms with E-state index in [0.29, 0.717) is 29.6 Å². The van der Waals surface area contributed by atoms with Gasteiger partial charge in [-0.25, -0.2) is 4.98 Å². The van der Waals surface area contributed by atoms with Crippen molar-refractivity contribution in [3.63, 3.8) is 0 Å². The Hall–Kier alpha value is -2.21. The van der Waals surface area contributed by atoms with Crippen molar-refractivity contribution in [2.45, 2.75) is 38.2 Å².